The van der Waals surface area contributed by atoms with Crippen LogP contribution in [0.5, 0.6) is 0 Å². The number of aliphatic hydroxyl groups is 1. The molecule has 2 rings (SSSR count). The highest BCUT2D eigenvalue weighted by Crippen LogP contribution is 2.48. The molecule has 0 aliphatic heterocycles. The highest BCUT2D eigenvalue weighted by Gasteiger charge is 2.46. The minimum absolute atomic E-state index is 0.139. The van der Waals surface area contributed by atoms with Crippen molar-refractivity contribution in [1.82, 2.24) is 0 Å². The van der Waals surface area contributed by atoms with Crippen molar-refractivity contribution in [3.63, 3.8) is 0 Å². The lowest BCUT2D eigenvalue weighted by Gasteiger charge is -2.45. The van der Waals surface area contributed by atoms with Crippen LogP contribution >= 0.6 is 15.9 Å². The number of hydrogen-bond donors (Lipinski definition) is 1. The van der Waals surface area contributed by atoms with E-state index in [9.17, 15) is 13.9 Å². The van der Waals surface area contributed by atoms with Gasteiger partial charge in [0.1, 0.15) is 17.7 Å². The van der Waals surface area contributed by atoms with Gasteiger partial charge in [-0.3, -0.25) is 0 Å². The fourth-order valence-electron chi connectivity index (χ4n) is 3.00. The van der Waals surface area contributed by atoms with Gasteiger partial charge >= 0.3 is 0 Å². The Morgan fingerprint density at radius 3 is 2.29 bits per heavy atom. The lowest BCUT2D eigenvalue weighted by molar-refractivity contribution is -0.140. The highest BCUT2D eigenvalue weighted by atomic mass is 79.9. The zero-order valence-corrected chi connectivity index (χ0v) is 14.1. The Balaban J connectivity index is 2.38. The van der Waals surface area contributed by atoms with E-state index in [2.05, 4.69) is 29.8 Å². The minimum Gasteiger partial charge on any atom is -0.385 e. The number of rotatable bonds is 3. The van der Waals surface area contributed by atoms with Crippen LogP contribution in [0, 0.1) is 17.0 Å². The number of aliphatic hydroxyl groups excluding tert-OH is 1. The molecule has 21 heavy (non-hydrogen) atoms. The van der Waals surface area contributed by atoms with Crippen molar-refractivity contribution in [2.75, 3.05) is 7.11 Å². The largest absolute Gasteiger partial charge is 0.385 e. The Morgan fingerprint density at radius 1 is 1.19 bits per heavy atom. The first-order valence-corrected chi connectivity index (χ1v) is 7.88. The molecule has 1 aromatic carbocycles. The van der Waals surface area contributed by atoms with Gasteiger partial charge < -0.3 is 9.84 Å². The lowest BCUT2D eigenvalue weighted by atomic mass is 9.68. The zero-order chi connectivity index (χ0) is 15.8. The summed E-state index contributed by atoms with van der Waals surface area (Å²) in [5.41, 5.74) is -1.08. The van der Waals surface area contributed by atoms with Crippen LogP contribution in [0.3, 0.4) is 0 Å². The monoisotopic (exact) mass is 362 g/mol. The molecule has 1 aromatic rings. The fraction of sp³-hybridized carbons (Fsp3) is 0.625. The highest BCUT2D eigenvalue weighted by molar-refractivity contribution is 9.10. The fourth-order valence-corrected chi connectivity index (χ4v) is 3.34. The summed E-state index contributed by atoms with van der Waals surface area (Å²) in [6, 6.07) is 2.45. The maximum absolute atomic E-state index is 14.2. The van der Waals surface area contributed by atoms with E-state index in [0.29, 0.717) is 12.8 Å². The summed E-state index contributed by atoms with van der Waals surface area (Å²) in [6.45, 7) is 4.30. The molecule has 0 heterocycles. The van der Waals surface area contributed by atoms with Crippen LogP contribution in [0.2, 0.25) is 0 Å². The van der Waals surface area contributed by atoms with Gasteiger partial charge in [0.25, 0.3) is 0 Å². The molecule has 1 fully saturated rings. The Labute approximate surface area is 132 Å². The van der Waals surface area contributed by atoms with Gasteiger partial charge in [-0.1, -0.05) is 13.8 Å². The van der Waals surface area contributed by atoms with E-state index in [4.69, 9.17) is 4.74 Å². The molecule has 0 saturated heterocycles. The van der Waals surface area contributed by atoms with Crippen LogP contribution in [0.4, 0.5) is 8.78 Å². The van der Waals surface area contributed by atoms with E-state index in [1.165, 1.54) is 13.2 Å². The molecule has 0 radical (unpaired) electrons. The van der Waals surface area contributed by atoms with Gasteiger partial charge in [-0.2, -0.15) is 0 Å². The van der Waals surface area contributed by atoms with E-state index >= 15 is 0 Å². The van der Waals surface area contributed by atoms with Gasteiger partial charge in [-0.05, 0) is 59.2 Å². The van der Waals surface area contributed by atoms with Crippen LogP contribution < -0.4 is 0 Å². The van der Waals surface area contributed by atoms with Crippen molar-refractivity contribution in [2.24, 2.45) is 5.41 Å². The maximum atomic E-state index is 14.2. The van der Waals surface area contributed by atoms with Crippen LogP contribution in [0.1, 0.15) is 51.2 Å². The van der Waals surface area contributed by atoms with Gasteiger partial charge in [0.05, 0.1) is 15.6 Å². The van der Waals surface area contributed by atoms with Crippen LogP contribution in [-0.4, -0.2) is 17.8 Å². The first-order valence-electron chi connectivity index (χ1n) is 7.09. The number of hydrogen-bond acceptors (Lipinski definition) is 2. The van der Waals surface area contributed by atoms with Gasteiger partial charge in [-0.25, -0.2) is 8.78 Å². The first kappa shape index (κ1) is 16.8. The second-order valence-electron chi connectivity index (χ2n) is 6.59. The van der Waals surface area contributed by atoms with Crippen molar-refractivity contribution in [1.29, 1.82) is 0 Å². The Morgan fingerprint density at radius 2 is 1.76 bits per heavy atom. The summed E-state index contributed by atoms with van der Waals surface area (Å²) < 4.78 is 33.9. The van der Waals surface area contributed by atoms with E-state index in [1.807, 2.05) is 0 Å². The number of ether oxygens (including phenoxy) is 1. The molecular formula is C16H21BrF2O2. The molecule has 1 N–H and O–H groups in total. The maximum Gasteiger partial charge on any atom is 0.146 e. The molecule has 1 unspecified atom stereocenters. The summed E-state index contributed by atoms with van der Waals surface area (Å²) in [5.74, 6) is -1.51. The molecule has 0 aromatic heterocycles. The quantitative estimate of drug-likeness (QED) is 0.786. The minimum atomic E-state index is -1.32. The first-order chi connectivity index (χ1) is 9.72. The molecule has 1 aliphatic carbocycles. The van der Waals surface area contributed by atoms with E-state index in [1.54, 1.807) is 0 Å². The van der Waals surface area contributed by atoms with E-state index in [0.717, 1.165) is 18.9 Å². The Kier molecular flexibility index (Phi) is 4.76. The third kappa shape index (κ3) is 3.15. The summed E-state index contributed by atoms with van der Waals surface area (Å²) in [5, 5.41) is 10.6. The molecular weight excluding hydrogens is 342 g/mol. The Hall–Kier alpha value is -0.520. The van der Waals surface area contributed by atoms with Crippen LogP contribution in [-0.2, 0) is 4.74 Å². The average Bonchev–Trinajstić information content (AvgIpc) is 2.44. The van der Waals surface area contributed by atoms with Gasteiger partial charge in [-0.15, -0.1) is 0 Å². The molecule has 118 valence electrons. The van der Waals surface area contributed by atoms with Gasteiger partial charge in [0, 0.05) is 7.11 Å². The van der Waals surface area contributed by atoms with Crippen LogP contribution in [0.25, 0.3) is 0 Å². The predicted molar refractivity (Wildman–Crippen MR) is 81.0 cm³/mol. The number of benzene rings is 1. The van der Waals surface area contributed by atoms with Crippen molar-refractivity contribution in [2.45, 2.75) is 51.2 Å². The number of halogens is 3. The molecule has 2 nitrogen and oxygen atoms in total. The topological polar surface area (TPSA) is 29.5 Å². The molecule has 0 amide bonds. The number of methoxy groups -OCH3 is 1. The predicted octanol–water partition coefficient (Wildman–Crippen LogP) is 4.75. The third-order valence-electron chi connectivity index (χ3n) is 4.71. The Bertz CT molecular complexity index is 521. The normalized spacial score (nSPS) is 22.0. The molecule has 0 spiro atoms. The van der Waals surface area contributed by atoms with Gasteiger partial charge in [0.15, 0.2) is 0 Å². The summed E-state index contributed by atoms with van der Waals surface area (Å²) in [4.78, 5) is 0. The summed E-state index contributed by atoms with van der Waals surface area (Å²) >= 11 is 3.04. The second kappa shape index (κ2) is 5.94. The SMILES string of the molecule is COC1(C(O)c2c(F)ccc(Br)c2F)CCC(C)(C)CC1. The van der Waals surface area contributed by atoms with Gasteiger partial charge in [0.2, 0.25) is 0 Å². The second-order valence-corrected chi connectivity index (χ2v) is 7.45. The van der Waals surface area contributed by atoms with E-state index < -0.39 is 23.3 Å². The molecule has 5 heteroatoms. The van der Waals surface area contributed by atoms with E-state index in [-0.39, 0.29) is 15.5 Å². The molecule has 1 saturated carbocycles. The smallest absolute Gasteiger partial charge is 0.146 e. The molecule has 1 atom stereocenters. The van der Waals surface area contributed by atoms with Crippen molar-refractivity contribution >= 4 is 15.9 Å². The van der Waals surface area contributed by atoms with Crippen LogP contribution in [0.15, 0.2) is 16.6 Å². The van der Waals surface area contributed by atoms with Crippen molar-refractivity contribution in [3.05, 3.63) is 33.8 Å². The standard InChI is InChI=1S/C16H21BrF2O2/c1-15(2)6-8-16(21-3,9-7-15)14(20)12-11(18)5-4-10(17)13(12)19/h4-5,14,20H,6-9H2,1-3H3. The summed E-state index contributed by atoms with van der Waals surface area (Å²) in [7, 11) is 1.50. The van der Waals surface area contributed by atoms with Crippen molar-refractivity contribution in [3.8, 4) is 0 Å². The molecule has 0 bridgehead atoms. The third-order valence-corrected chi connectivity index (χ3v) is 5.32. The zero-order valence-electron chi connectivity index (χ0n) is 12.5. The molecule has 1 aliphatic rings. The van der Waals surface area contributed by atoms with Crippen molar-refractivity contribution < 1.29 is 18.6 Å². The lowest BCUT2D eigenvalue weighted by Crippen LogP contribution is -2.44. The average molecular weight is 363 g/mol. The summed E-state index contributed by atoms with van der Waals surface area (Å²) in [6.07, 6.45) is 1.51.